The van der Waals surface area contributed by atoms with Gasteiger partial charge in [0.25, 0.3) is 5.92 Å². The van der Waals surface area contributed by atoms with E-state index in [9.17, 15) is 17.5 Å². The molecule has 1 aliphatic heterocycles. The van der Waals surface area contributed by atoms with Crippen molar-refractivity contribution in [3.8, 4) is 0 Å². The average Bonchev–Trinajstić information content (AvgIpc) is 3.42. The normalized spacial score (nSPS) is 16.7. The van der Waals surface area contributed by atoms with Gasteiger partial charge in [0.1, 0.15) is 0 Å². The van der Waals surface area contributed by atoms with Crippen molar-refractivity contribution in [2.75, 3.05) is 18.0 Å². The first-order chi connectivity index (χ1) is 16.7. The summed E-state index contributed by atoms with van der Waals surface area (Å²) in [4.78, 5) is 9.35. The highest BCUT2D eigenvalue weighted by Crippen LogP contribution is 2.38. The van der Waals surface area contributed by atoms with Gasteiger partial charge in [-0.15, -0.1) is 5.10 Å². The summed E-state index contributed by atoms with van der Waals surface area (Å²) in [6.45, 7) is -0.911. The summed E-state index contributed by atoms with van der Waals surface area (Å²) < 4.78 is 81.3. The van der Waals surface area contributed by atoms with Crippen molar-refractivity contribution < 1.29 is 26.3 Å². The maximum absolute atomic E-state index is 15.5. The summed E-state index contributed by atoms with van der Waals surface area (Å²) in [5, 5.41) is 7.98. The minimum absolute atomic E-state index is 0.0158. The van der Waals surface area contributed by atoms with Gasteiger partial charge in [-0.1, -0.05) is 53.7 Å². The van der Waals surface area contributed by atoms with Crippen LogP contribution in [0.1, 0.15) is 23.4 Å². The van der Waals surface area contributed by atoms with Gasteiger partial charge in [0.2, 0.25) is 5.82 Å². The molecular formula is C22H18F4N6O2S. The van der Waals surface area contributed by atoms with Crippen LogP contribution in [0.15, 0.2) is 59.5 Å². The molecule has 0 radical (unpaired) electrons. The first kappa shape index (κ1) is 23.3. The second kappa shape index (κ2) is 8.64. The minimum Gasteiger partial charge on any atom is -0.348 e. The van der Waals surface area contributed by atoms with Crippen molar-refractivity contribution in [3.63, 3.8) is 0 Å². The molecule has 8 nitrogen and oxygen atoms in total. The van der Waals surface area contributed by atoms with Crippen molar-refractivity contribution in [1.82, 2.24) is 25.0 Å². The van der Waals surface area contributed by atoms with Crippen LogP contribution in [0.3, 0.4) is 0 Å². The molecule has 0 bridgehead atoms. The number of hydrogen-bond acceptors (Lipinski definition) is 6. The molecule has 4 aromatic rings. The largest absolute Gasteiger partial charge is 0.348 e. The number of rotatable bonds is 6. The summed E-state index contributed by atoms with van der Waals surface area (Å²) in [7, 11) is 0. The molecular weight excluding hydrogens is 488 g/mol. The van der Waals surface area contributed by atoms with Gasteiger partial charge in [0, 0.05) is 18.5 Å². The van der Waals surface area contributed by atoms with Crippen molar-refractivity contribution in [3.05, 3.63) is 71.5 Å². The Bertz CT molecular complexity index is 1420. The molecule has 2 aromatic carbocycles. The topological polar surface area (TPSA) is 97.0 Å². The third-order valence-electron chi connectivity index (χ3n) is 5.71. The number of alkyl halides is 4. The van der Waals surface area contributed by atoms with Crippen LogP contribution in [0.2, 0.25) is 0 Å². The van der Waals surface area contributed by atoms with Crippen molar-refractivity contribution in [2.45, 2.75) is 29.7 Å². The Kier molecular flexibility index (Phi) is 5.75. The number of fused-ring (bicyclic) bond motifs is 1. The third kappa shape index (κ3) is 4.36. The minimum atomic E-state index is -3.63. The summed E-state index contributed by atoms with van der Waals surface area (Å²) in [6, 6.07) is 13.2. The van der Waals surface area contributed by atoms with Gasteiger partial charge in [-0.25, -0.2) is 27.6 Å². The highest BCUT2D eigenvalue weighted by Gasteiger charge is 2.43. The lowest BCUT2D eigenvalue weighted by Gasteiger charge is -2.21. The number of anilines is 1. The fourth-order valence-electron chi connectivity index (χ4n) is 3.97. The zero-order valence-corrected chi connectivity index (χ0v) is 18.8. The Hall–Kier alpha value is -3.45. The first-order valence-corrected chi connectivity index (χ1v) is 11.6. The Labute approximate surface area is 198 Å². The number of nitrogens with zero attached hydrogens (tertiary/aromatic N) is 6. The lowest BCUT2D eigenvalue weighted by atomic mass is 10.1. The summed E-state index contributed by atoms with van der Waals surface area (Å²) in [6.07, 6.45) is -0.452. The SMILES string of the molecule is O=S(O)c1ccccc1Cn1nnc2c(N3CCC(F)(F)C3)nc(C(F)(F)c3ccccc3)nc21. The van der Waals surface area contributed by atoms with E-state index in [1.165, 1.54) is 39.9 Å². The van der Waals surface area contributed by atoms with Crippen molar-refractivity contribution >= 4 is 28.1 Å². The predicted molar refractivity (Wildman–Crippen MR) is 119 cm³/mol. The molecule has 1 atom stereocenters. The van der Waals surface area contributed by atoms with Gasteiger partial charge in [0.15, 0.2) is 28.1 Å². The zero-order valence-electron chi connectivity index (χ0n) is 18.0. The molecule has 35 heavy (non-hydrogen) atoms. The first-order valence-electron chi connectivity index (χ1n) is 10.5. The lowest BCUT2D eigenvalue weighted by Crippen LogP contribution is -2.28. The standard InChI is InChI=1S/C22H18F4N6O2S/c23-21(24)10-11-31(13-21)18-17-19(28-20(27-18)22(25,26)15-7-2-1-3-8-15)32(30-29-17)12-14-6-4-5-9-16(14)35(33)34/h1-9H,10-13H2,(H,33,34). The van der Waals surface area contributed by atoms with Crippen LogP contribution in [-0.2, 0) is 23.5 Å². The van der Waals surface area contributed by atoms with Gasteiger partial charge >= 0.3 is 5.92 Å². The fourth-order valence-corrected chi connectivity index (χ4v) is 4.52. The number of aromatic nitrogens is 5. The second-order valence-electron chi connectivity index (χ2n) is 8.11. The molecule has 1 fully saturated rings. The van der Waals surface area contributed by atoms with Crippen LogP contribution in [0.4, 0.5) is 23.4 Å². The van der Waals surface area contributed by atoms with Crippen LogP contribution in [0, 0.1) is 0 Å². The van der Waals surface area contributed by atoms with E-state index in [1.54, 1.807) is 24.3 Å². The molecule has 2 aromatic heterocycles. The summed E-state index contributed by atoms with van der Waals surface area (Å²) in [5.74, 6) is -7.68. The van der Waals surface area contributed by atoms with Gasteiger partial charge < -0.3 is 9.45 Å². The fraction of sp³-hybridized carbons (Fsp3) is 0.273. The molecule has 1 aliphatic rings. The maximum atomic E-state index is 15.5. The highest BCUT2D eigenvalue weighted by atomic mass is 32.2. The van der Waals surface area contributed by atoms with E-state index in [0.717, 1.165) is 0 Å². The summed E-state index contributed by atoms with van der Waals surface area (Å²) in [5.41, 5.74) is -0.0891. The van der Waals surface area contributed by atoms with Crippen molar-refractivity contribution in [2.24, 2.45) is 0 Å². The van der Waals surface area contributed by atoms with Gasteiger partial charge in [-0.3, -0.25) is 0 Å². The highest BCUT2D eigenvalue weighted by molar-refractivity contribution is 7.79. The van der Waals surface area contributed by atoms with E-state index in [0.29, 0.717) is 5.56 Å². The maximum Gasteiger partial charge on any atom is 0.331 e. The van der Waals surface area contributed by atoms with Crippen LogP contribution in [0.25, 0.3) is 11.2 Å². The van der Waals surface area contributed by atoms with Crippen LogP contribution in [-0.4, -0.2) is 52.7 Å². The number of hydrogen-bond donors (Lipinski definition) is 1. The van der Waals surface area contributed by atoms with Crippen LogP contribution < -0.4 is 4.90 Å². The number of halogens is 4. The van der Waals surface area contributed by atoms with Crippen molar-refractivity contribution in [1.29, 1.82) is 0 Å². The van der Waals surface area contributed by atoms with Crippen LogP contribution >= 0.6 is 0 Å². The van der Waals surface area contributed by atoms with E-state index >= 15 is 8.78 Å². The molecule has 5 rings (SSSR count). The Morgan fingerprint density at radius 2 is 1.77 bits per heavy atom. The van der Waals surface area contributed by atoms with Gasteiger partial charge in [-0.2, -0.15) is 8.78 Å². The molecule has 0 aliphatic carbocycles. The molecule has 3 heterocycles. The molecule has 0 spiro atoms. The van der Waals surface area contributed by atoms with E-state index in [1.807, 2.05) is 0 Å². The molecule has 1 unspecified atom stereocenters. The molecule has 0 saturated carbocycles. The quantitative estimate of drug-likeness (QED) is 0.314. The van der Waals surface area contributed by atoms with E-state index in [4.69, 9.17) is 0 Å². The third-order valence-corrected chi connectivity index (χ3v) is 6.49. The Morgan fingerprint density at radius 3 is 2.46 bits per heavy atom. The zero-order chi connectivity index (χ0) is 24.8. The second-order valence-corrected chi connectivity index (χ2v) is 9.05. The lowest BCUT2D eigenvalue weighted by molar-refractivity contribution is 0.0256. The van der Waals surface area contributed by atoms with Gasteiger partial charge in [0.05, 0.1) is 18.0 Å². The van der Waals surface area contributed by atoms with Gasteiger partial charge in [-0.05, 0) is 11.6 Å². The molecule has 1 saturated heterocycles. The average molecular weight is 506 g/mol. The van der Waals surface area contributed by atoms with E-state index in [-0.39, 0.29) is 40.5 Å². The Morgan fingerprint density at radius 1 is 1.06 bits per heavy atom. The van der Waals surface area contributed by atoms with E-state index in [2.05, 4.69) is 20.3 Å². The molecule has 182 valence electrons. The molecule has 13 heteroatoms. The summed E-state index contributed by atoms with van der Waals surface area (Å²) >= 11 is -2.30. The smallest absolute Gasteiger partial charge is 0.331 e. The van der Waals surface area contributed by atoms with Crippen LogP contribution in [0.5, 0.6) is 0 Å². The van der Waals surface area contributed by atoms with E-state index < -0.39 is 41.7 Å². The number of benzene rings is 2. The predicted octanol–water partition coefficient (Wildman–Crippen LogP) is 3.84. The molecule has 1 N–H and O–H groups in total. The monoisotopic (exact) mass is 506 g/mol. The molecule has 0 amide bonds. The Balaban J connectivity index is 1.67.